The number of oxazole rings is 1. The third-order valence-electron chi connectivity index (χ3n) is 5.11. The number of carbonyl (C=O) groups is 1. The lowest BCUT2D eigenvalue weighted by atomic mass is 10.3. The molecule has 1 aliphatic heterocycles. The SMILES string of the molecule is CN1CCN(S(=O)(=O)c2ccc(NC(=O)Cn3c(=O)oc4ccccc43)cc2)CC1. The molecule has 4 rings (SSSR count). The highest BCUT2D eigenvalue weighted by molar-refractivity contribution is 7.89. The highest BCUT2D eigenvalue weighted by Gasteiger charge is 2.27. The summed E-state index contributed by atoms with van der Waals surface area (Å²) in [7, 11) is -1.61. The second kappa shape index (κ2) is 8.05. The molecule has 1 aromatic heterocycles. The maximum absolute atomic E-state index is 12.8. The van der Waals surface area contributed by atoms with Crippen LogP contribution in [0.25, 0.3) is 11.1 Å². The molecule has 2 heterocycles. The quantitative estimate of drug-likeness (QED) is 0.652. The van der Waals surface area contributed by atoms with Gasteiger partial charge in [0.15, 0.2) is 5.58 Å². The first-order valence-corrected chi connectivity index (χ1v) is 11.0. The Hall–Kier alpha value is -2.95. The minimum Gasteiger partial charge on any atom is -0.408 e. The molecule has 0 saturated carbocycles. The Morgan fingerprint density at radius 1 is 1.03 bits per heavy atom. The number of sulfonamides is 1. The zero-order valence-corrected chi connectivity index (χ0v) is 17.3. The molecule has 9 nitrogen and oxygen atoms in total. The first-order valence-electron chi connectivity index (χ1n) is 9.51. The molecular formula is C20H22N4O5S. The third kappa shape index (κ3) is 4.02. The smallest absolute Gasteiger partial charge is 0.408 e. The van der Waals surface area contributed by atoms with E-state index < -0.39 is 21.7 Å². The number of nitrogens with one attached hydrogen (secondary N) is 1. The molecule has 1 fully saturated rings. The Kier molecular flexibility index (Phi) is 5.46. The van der Waals surface area contributed by atoms with E-state index in [1.54, 1.807) is 24.3 Å². The van der Waals surface area contributed by atoms with Gasteiger partial charge in [0.1, 0.15) is 6.54 Å². The summed E-state index contributed by atoms with van der Waals surface area (Å²) in [5.41, 5.74) is 1.39. The fraction of sp³-hybridized carbons (Fsp3) is 0.300. The van der Waals surface area contributed by atoms with Crippen molar-refractivity contribution in [1.29, 1.82) is 0 Å². The molecule has 0 unspecified atom stereocenters. The topological polar surface area (TPSA) is 105 Å². The van der Waals surface area contributed by atoms with Gasteiger partial charge in [0.25, 0.3) is 0 Å². The van der Waals surface area contributed by atoms with Crippen LogP contribution < -0.4 is 11.1 Å². The standard InChI is InChI=1S/C20H22N4O5S/c1-22-10-12-23(13-11-22)30(27,28)16-8-6-15(7-9-16)21-19(25)14-24-17-4-2-3-5-18(17)29-20(24)26/h2-9H,10-14H2,1H3,(H,21,25). The van der Waals surface area contributed by atoms with Crippen LogP contribution in [0.15, 0.2) is 62.6 Å². The number of hydrogen-bond acceptors (Lipinski definition) is 6. The zero-order valence-electron chi connectivity index (χ0n) is 16.4. The molecule has 1 N–H and O–H groups in total. The van der Waals surface area contributed by atoms with E-state index in [0.29, 0.717) is 43.0 Å². The number of amides is 1. The number of hydrogen-bond donors (Lipinski definition) is 1. The van der Waals surface area contributed by atoms with Crippen LogP contribution in [0, 0.1) is 0 Å². The van der Waals surface area contributed by atoms with E-state index in [1.165, 1.54) is 33.1 Å². The van der Waals surface area contributed by atoms with E-state index in [9.17, 15) is 18.0 Å². The molecule has 1 aliphatic rings. The number of piperazine rings is 1. The number of likely N-dealkylation sites (N-methyl/N-ethyl adjacent to an activating group) is 1. The van der Waals surface area contributed by atoms with Crippen molar-refractivity contribution in [1.82, 2.24) is 13.8 Å². The van der Waals surface area contributed by atoms with Crippen LogP contribution in [0.4, 0.5) is 5.69 Å². The summed E-state index contributed by atoms with van der Waals surface area (Å²) < 4.78 is 33.4. The third-order valence-corrected chi connectivity index (χ3v) is 7.03. The summed E-state index contributed by atoms with van der Waals surface area (Å²) in [6, 6.07) is 12.9. The Morgan fingerprint density at radius 3 is 2.40 bits per heavy atom. The maximum atomic E-state index is 12.8. The number of nitrogens with zero attached hydrogens (tertiary/aromatic N) is 3. The summed E-state index contributed by atoms with van der Waals surface area (Å²) in [5.74, 6) is -1.03. The van der Waals surface area contributed by atoms with Crippen LogP contribution >= 0.6 is 0 Å². The minimum atomic E-state index is -3.57. The van der Waals surface area contributed by atoms with Crippen LogP contribution in [0.1, 0.15) is 0 Å². The summed E-state index contributed by atoms with van der Waals surface area (Å²) in [5, 5.41) is 2.68. The van der Waals surface area contributed by atoms with E-state index in [0.717, 1.165) is 0 Å². The van der Waals surface area contributed by atoms with Crippen LogP contribution in [-0.4, -0.2) is 61.3 Å². The van der Waals surface area contributed by atoms with Gasteiger partial charge in [0, 0.05) is 31.9 Å². The number of benzene rings is 2. The summed E-state index contributed by atoms with van der Waals surface area (Å²) in [6.45, 7) is 2.07. The molecule has 0 atom stereocenters. The maximum Gasteiger partial charge on any atom is 0.420 e. The fourth-order valence-electron chi connectivity index (χ4n) is 3.40. The zero-order chi connectivity index (χ0) is 21.3. The number of rotatable bonds is 5. The van der Waals surface area contributed by atoms with Gasteiger partial charge in [-0.15, -0.1) is 0 Å². The number of carbonyl (C=O) groups excluding carboxylic acids is 1. The van der Waals surface area contributed by atoms with Gasteiger partial charge in [0.2, 0.25) is 15.9 Å². The van der Waals surface area contributed by atoms with Gasteiger partial charge in [0.05, 0.1) is 10.4 Å². The van der Waals surface area contributed by atoms with E-state index in [1.807, 2.05) is 7.05 Å². The van der Waals surface area contributed by atoms with Crippen molar-refractivity contribution in [3.63, 3.8) is 0 Å². The largest absolute Gasteiger partial charge is 0.420 e. The number of para-hydroxylation sites is 2. The van der Waals surface area contributed by atoms with Gasteiger partial charge in [-0.2, -0.15) is 4.31 Å². The van der Waals surface area contributed by atoms with Gasteiger partial charge >= 0.3 is 5.76 Å². The van der Waals surface area contributed by atoms with E-state index in [2.05, 4.69) is 10.2 Å². The van der Waals surface area contributed by atoms with Crippen molar-refractivity contribution in [2.45, 2.75) is 11.4 Å². The van der Waals surface area contributed by atoms with E-state index in [-0.39, 0.29) is 11.4 Å². The molecular weight excluding hydrogens is 408 g/mol. The first kappa shape index (κ1) is 20.3. The highest BCUT2D eigenvalue weighted by Crippen LogP contribution is 2.20. The van der Waals surface area contributed by atoms with Crippen molar-refractivity contribution < 1.29 is 17.6 Å². The molecule has 0 bridgehead atoms. The van der Waals surface area contributed by atoms with Gasteiger partial charge in [-0.25, -0.2) is 13.2 Å². The van der Waals surface area contributed by atoms with E-state index >= 15 is 0 Å². The lowest BCUT2D eigenvalue weighted by Crippen LogP contribution is -2.46. The lowest BCUT2D eigenvalue weighted by molar-refractivity contribution is -0.116. The molecule has 30 heavy (non-hydrogen) atoms. The Bertz CT molecular complexity index is 1220. The molecule has 1 saturated heterocycles. The van der Waals surface area contributed by atoms with Gasteiger partial charge in [-0.05, 0) is 43.4 Å². The van der Waals surface area contributed by atoms with Gasteiger partial charge < -0.3 is 14.6 Å². The number of fused-ring (bicyclic) bond motifs is 1. The second-order valence-electron chi connectivity index (χ2n) is 7.20. The average molecular weight is 430 g/mol. The summed E-state index contributed by atoms with van der Waals surface area (Å²) in [4.78, 5) is 26.7. The Morgan fingerprint density at radius 2 is 1.70 bits per heavy atom. The van der Waals surface area contributed by atoms with Crippen molar-refractivity contribution in [3.8, 4) is 0 Å². The number of anilines is 1. The molecule has 1 amide bonds. The summed E-state index contributed by atoms with van der Waals surface area (Å²) >= 11 is 0. The normalized spacial score (nSPS) is 16.0. The van der Waals surface area contributed by atoms with Crippen molar-refractivity contribution in [2.75, 3.05) is 38.5 Å². The predicted octanol–water partition coefficient (Wildman–Crippen LogP) is 1.17. The fourth-order valence-corrected chi connectivity index (χ4v) is 4.82. The molecule has 10 heteroatoms. The first-order chi connectivity index (χ1) is 14.3. The molecule has 158 valence electrons. The van der Waals surface area contributed by atoms with Crippen LogP contribution in [0.5, 0.6) is 0 Å². The average Bonchev–Trinajstić information content (AvgIpc) is 3.04. The van der Waals surface area contributed by atoms with Gasteiger partial charge in [-0.1, -0.05) is 12.1 Å². The monoisotopic (exact) mass is 430 g/mol. The van der Waals surface area contributed by atoms with Crippen LogP contribution in [0.3, 0.4) is 0 Å². The van der Waals surface area contributed by atoms with Crippen molar-refractivity contribution in [2.24, 2.45) is 0 Å². The minimum absolute atomic E-state index is 0.183. The molecule has 0 aliphatic carbocycles. The second-order valence-corrected chi connectivity index (χ2v) is 9.14. The predicted molar refractivity (Wildman–Crippen MR) is 112 cm³/mol. The van der Waals surface area contributed by atoms with Gasteiger partial charge in [-0.3, -0.25) is 9.36 Å². The Balaban J connectivity index is 1.45. The molecule has 2 aromatic carbocycles. The highest BCUT2D eigenvalue weighted by atomic mass is 32.2. The van der Waals surface area contributed by atoms with Crippen LogP contribution in [-0.2, 0) is 21.4 Å². The molecule has 0 radical (unpaired) electrons. The van der Waals surface area contributed by atoms with Crippen molar-refractivity contribution >= 4 is 32.7 Å². The van der Waals surface area contributed by atoms with Crippen LogP contribution in [0.2, 0.25) is 0 Å². The molecule has 0 spiro atoms. The van der Waals surface area contributed by atoms with E-state index in [4.69, 9.17) is 4.42 Å². The Labute approximate surface area is 173 Å². The molecule has 3 aromatic rings. The lowest BCUT2D eigenvalue weighted by Gasteiger charge is -2.31. The number of aromatic nitrogens is 1. The summed E-state index contributed by atoms with van der Waals surface area (Å²) in [6.07, 6.45) is 0. The van der Waals surface area contributed by atoms with Crippen molar-refractivity contribution in [3.05, 3.63) is 59.1 Å².